The molecule has 2 aromatic rings. The molecule has 3 nitrogen and oxygen atoms in total. The molecule has 0 radical (unpaired) electrons. The van der Waals surface area contributed by atoms with Gasteiger partial charge >= 0.3 is 0 Å². The summed E-state index contributed by atoms with van der Waals surface area (Å²) in [6.07, 6.45) is 1.58. The second-order valence-corrected chi connectivity index (χ2v) is 4.56. The number of aromatic nitrogens is 2. The average molecular weight is 250 g/mol. The van der Waals surface area contributed by atoms with Gasteiger partial charge in [0.1, 0.15) is 11.5 Å². The first-order valence-corrected chi connectivity index (χ1v) is 6.05. The molecule has 5 heteroatoms. The number of thioether (sulfide) groups is 1. The number of carbonyl (C=O) groups is 1. The summed E-state index contributed by atoms with van der Waals surface area (Å²) in [6.45, 7) is 0. The fraction of sp³-hybridized carbons (Fsp3) is 0.167. The van der Waals surface area contributed by atoms with E-state index in [9.17, 15) is 9.18 Å². The van der Waals surface area contributed by atoms with Crippen molar-refractivity contribution in [1.82, 2.24) is 9.78 Å². The van der Waals surface area contributed by atoms with Gasteiger partial charge in [0, 0.05) is 18.1 Å². The van der Waals surface area contributed by atoms with Crippen molar-refractivity contribution < 1.29 is 9.18 Å². The van der Waals surface area contributed by atoms with Gasteiger partial charge in [-0.15, -0.1) is 11.8 Å². The molecule has 0 aliphatic heterocycles. The largest absolute Gasteiger partial charge is 0.292 e. The zero-order valence-corrected chi connectivity index (χ0v) is 10.1. The van der Waals surface area contributed by atoms with Crippen LogP contribution in [0.15, 0.2) is 41.4 Å². The summed E-state index contributed by atoms with van der Waals surface area (Å²) in [5, 5.41) is 3.93. The summed E-state index contributed by atoms with van der Waals surface area (Å²) < 4.78 is 14.5. The van der Waals surface area contributed by atoms with Gasteiger partial charge in [-0.1, -0.05) is 6.07 Å². The molecule has 1 aromatic heterocycles. The van der Waals surface area contributed by atoms with Gasteiger partial charge < -0.3 is 0 Å². The van der Waals surface area contributed by atoms with Crippen molar-refractivity contribution in [1.29, 1.82) is 0 Å². The van der Waals surface area contributed by atoms with Crippen LogP contribution in [0.2, 0.25) is 0 Å². The molecule has 1 aromatic carbocycles. The number of carbonyl (C=O) groups excluding carboxylic acids is 1. The minimum absolute atomic E-state index is 0.0146. The molecule has 0 amide bonds. The van der Waals surface area contributed by atoms with Crippen molar-refractivity contribution in [3.05, 3.63) is 48.0 Å². The zero-order chi connectivity index (χ0) is 12.3. The smallest absolute Gasteiger partial charge is 0.191 e. The monoisotopic (exact) mass is 250 g/mol. The molecule has 0 aliphatic carbocycles. The molecule has 2 rings (SSSR count). The normalized spacial score (nSPS) is 10.5. The Balaban J connectivity index is 1.99. The summed E-state index contributed by atoms with van der Waals surface area (Å²) >= 11 is 1.32. The highest BCUT2D eigenvalue weighted by molar-refractivity contribution is 8.00. The van der Waals surface area contributed by atoms with Crippen molar-refractivity contribution >= 4 is 17.5 Å². The molecule has 0 fully saturated rings. The van der Waals surface area contributed by atoms with Gasteiger partial charge in [-0.2, -0.15) is 5.10 Å². The molecule has 0 bridgehead atoms. The van der Waals surface area contributed by atoms with E-state index in [1.165, 1.54) is 28.6 Å². The molecule has 88 valence electrons. The zero-order valence-electron chi connectivity index (χ0n) is 9.26. The maximum absolute atomic E-state index is 12.9. The lowest BCUT2D eigenvalue weighted by Crippen LogP contribution is -2.08. The Labute approximate surface area is 103 Å². The van der Waals surface area contributed by atoms with Crippen LogP contribution >= 0.6 is 11.8 Å². The number of halogens is 1. The third kappa shape index (κ3) is 2.94. The summed E-state index contributed by atoms with van der Waals surface area (Å²) in [5.74, 6) is -0.0227. The first-order valence-electron chi connectivity index (χ1n) is 5.06. The lowest BCUT2D eigenvalue weighted by atomic mass is 10.3. The van der Waals surface area contributed by atoms with Gasteiger partial charge in [0.25, 0.3) is 0 Å². The van der Waals surface area contributed by atoms with Crippen molar-refractivity contribution in [3.8, 4) is 0 Å². The molecular weight excluding hydrogens is 239 g/mol. The fourth-order valence-electron chi connectivity index (χ4n) is 1.43. The van der Waals surface area contributed by atoms with Crippen LogP contribution < -0.4 is 0 Å². The second-order valence-electron chi connectivity index (χ2n) is 3.51. The minimum Gasteiger partial charge on any atom is -0.292 e. The Kier molecular flexibility index (Phi) is 3.58. The van der Waals surface area contributed by atoms with E-state index in [1.807, 2.05) is 0 Å². The Hall–Kier alpha value is -1.62. The molecular formula is C12H11FN2OS. The highest BCUT2D eigenvalue weighted by atomic mass is 32.2. The van der Waals surface area contributed by atoms with Crippen molar-refractivity contribution in [3.63, 3.8) is 0 Å². The van der Waals surface area contributed by atoms with E-state index < -0.39 is 0 Å². The summed E-state index contributed by atoms with van der Waals surface area (Å²) in [7, 11) is 1.72. The third-order valence-corrected chi connectivity index (χ3v) is 3.27. The van der Waals surface area contributed by atoms with Gasteiger partial charge in [-0.3, -0.25) is 9.48 Å². The lowest BCUT2D eigenvalue weighted by molar-refractivity contribution is 0.101. The SMILES string of the molecule is Cn1nccc1C(=O)CSc1cccc(F)c1. The molecule has 0 unspecified atom stereocenters. The van der Waals surface area contributed by atoms with Crippen LogP contribution in [0.25, 0.3) is 0 Å². The standard InChI is InChI=1S/C12H11FN2OS/c1-15-11(5-6-14-15)12(16)8-17-10-4-2-3-9(13)7-10/h2-7H,8H2,1H3. The van der Waals surface area contributed by atoms with Crippen LogP contribution in [0, 0.1) is 5.82 Å². The number of aryl methyl sites for hydroxylation is 1. The van der Waals surface area contributed by atoms with Crippen LogP contribution in [0.1, 0.15) is 10.5 Å². The Bertz CT molecular complexity index is 539. The van der Waals surface area contributed by atoms with Gasteiger partial charge in [0.2, 0.25) is 0 Å². The maximum atomic E-state index is 12.9. The van der Waals surface area contributed by atoms with E-state index in [4.69, 9.17) is 0 Å². The quantitative estimate of drug-likeness (QED) is 0.618. The molecule has 0 aliphatic rings. The summed E-state index contributed by atoms with van der Waals surface area (Å²) in [6, 6.07) is 7.89. The number of hydrogen-bond donors (Lipinski definition) is 0. The van der Waals surface area contributed by atoms with Crippen LogP contribution in [-0.4, -0.2) is 21.3 Å². The van der Waals surface area contributed by atoms with Crippen LogP contribution in [0.5, 0.6) is 0 Å². The maximum Gasteiger partial charge on any atom is 0.191 e. The molecule has 0 saturated heterocycles. The van der Waals surface area contributed by atoms with E-state index in [0.717, 1.165) is 4.90 Å². The van der Waals surface area contributed by atoms with Crippen LogP contribution in [0.3, 0.4) is 0 Å². The number of ketones is 1. The van der Waals surface area contributed by atoms with Gasteiger partial charge in [0.15, 0.2) is 5.78 Å². The number of rotatable bonds is 4. The second kappa shape index (κ2) is 5.14. The molecule has 1 heterocycles. The van der Waals surface area contributed by atoms with E-state index in [-0.39, 0.29) is 17.4 Å². The van der Waals surface area contributed by atoms with Gasteiger partial charge in [-0.05, 0) is 24.3 Å². The van der Waals surface area contributed by atoms with Crippen molar-refractivity contribution in [2.24, 2.45) is 7.05 Å². The van der Waals surface area contributed by atoms with Gasteiger partial charge in [0.05, 0.1) is 5.75 Å². The number of Topliss-reactive ketones (excluding diaryl/α,β-unsaturated/α-hetero) is 1. The minimum atomic E-state index is -0.289. The molecule has 0 spiro atoms. The van der Waals surface area contributed by atoms with Crippen LogP contribution in [0.4, 0.5) is 4.39 Å². The van der Waals surface area contributed by atoms with Crippen molar-refractivity contribution in [2.45, 2.75) is 4.90 Å². The highest BCUT2D eigenvalue weighted by Gasteiger charge is 2.10. The number of nitrogens with zero attached hydrogens (tertiary/aromatic N) is 2. The topological polar surface area (TPSA) is 34.9 Å². The molecule has 0 atom stereocenters. The predicted octanol–water partition coefficient (Wildman–Crippen LogP) is 2.53. The number of hydrogen-bond acceptors (Lipinski definition) is 3. The Morgan fingerprint density at radius 2 is 2.29 bits per heavy atom. The van der Waals surface area contributed by atoms with E-state index in [1.54, 1.807) is 31.4 Å². The highest BCUT2D eigenvalue weighted by Crippen LogP contribution is 2.19. The Morgan fingerprint density at radius 3 is 2.94 bits per heavy atom. The first-order chi connectivity index (χ1) is 8.16. The average Bonchev–Trinajstić information content (AvgIpc) is 2.72. The van der Waals surface area contributed by atoms with Gasteiger partial charge in [-0.25, -0.2) is 4.39 Å². The predicted molar refractivity (Wildman–Crippen MR) is 64.7 cm³/mol. The molecule has 0 N–H and O–H groups in total. The lowest BCUT2D eigenvalue weighted by Gasteiger charge is -2.02. The van der Waals surface area contributed by atoms with Crippen molar-refractivity contribution in [2.75, 3.05) is 5.75 Å². The van der Waals surface area contributed by atoms with E-state index in [2.05, 4.69) is 5.10 Å². The third-order valence-electron chi connectivity index (χ3n) is 2.27. The van der Waals surface area contributed by atoms with Crippen LogP contribution in [-0.2, 0) is 7.05 Å². The van der Waals surface area contributed by atoms with E-state index >= 15 is 0 Å². The Morgan fingerprint density at radius 1 is 1.47 bits per heavy atom. The summed E-state index contributed by atoms with van der Waals surface area (Å²) in [5.41, 5.74) is 0.564. The van der Waals surface area contributed by atoms with E-state index in [0.29, 0.717) is 5.69 Å². The summed E-state index contributed by atoms with van der Waals surface area (Å²) in [4.78, 5) is 12.6. The number of benzene rings is 1. The fourth-order valence-corrected chi connectivity index (χ4v) is 2.24. The first kappa shape index (κ1) is 11.9. The molecule has 17 heavy (non-hydrogen) atoms. The molecule has 0 saturated carbocycles.